The third kappa shape index (κ3) is 12.0. The lowest BCUT2D eigenvalue weighted by Crippen LogP contribution is -2.40. The summed E-state index contributed by atoms with van der Waals surface area (Å²) in [6.07, 6.45) is 14.5. The molecule has 6 heterocycles. The highest BCUT2D eigenvalue weighted by Gasteiger charge is 2.28. The normalized spacial score (nSPS) is 12.6. The van der Waals surface area contributed by atoms with E-state index >= 15 is 0 Å². The Morgan fingerprint density at radius 2 is 1.00 bits per heavy atom. The fourth-order valence-electron chi connectivity index (χ4n) is 7.65. The molecule has 73 heavy (non-hydrogen) atoms. The largest absolute Gasteiger partial charge is 0.324 e. The van der Waals surface area contributed by atoms with Crippen molar-refractivity contribution in [3.8, 4) is 44.8 Å². The number of benzene rings is 4. The van der Waals surface area contributed by atoms with E-state index in [0.29, 0.717) is 32.5 Å². The van der Waals surface area contributed by atoms with Crippen molar-refractivity contribution in [2.75, 3.05) is 10.6 Å². The van der Waals surface area contributed by atoms with E-state index in [2.05, 4.69) is 45.7 Å². The maximum absolute atomic E-state index is 13.4. The molecule has 0 aliphatic heterocycles. The van der Waals surface area contributed by atoms with Crippen molar-refractivity contribution in [1.82, 2.24) is 53.5 Å². The van der Waals surface area contributed by atoms with Crippen LogP contribution in [0.1, 0.15) is 44.0 Å². The van der Waals surface area contributed by atoms with E-state index in [4.69, 9.17) is 28.9 Å². The van der Waals surface area contributed by atoms with Gasteiger partial charge >= 0.3 is 0 Å². The minimum Gasteiger partial charge on any atom is -0.324 e. The fraction of sp³-hybridized carbons (Fsp3) is 0.154. The molecule has 0 bridgehead atoms. The fourth-order valence-corrected chi connectivity index (χ4v) is 8.71. The third-order valence-electron chi connectivity index (χ3n) is 11.5. The van der Waals surface area contributed by atoms with E-state index in [0.717, 1.165) is 55.8 Å². The zero-order chi connectivity index (χ0) is 50.7. The molecule has 6 aromatic heterocycles. The first-order chi connectivity index (χ1) is 34.6. The number of aryl methyl sites for hydroxylation is 2. The van der Waals surface area contributed by atoms with Gasteiger partial charge in [-0.1, -0.05) is 71.7 Å². The number of nitrogens with two attached hydrogens (primary N) is 1. The molecule has 2 amide bonds. The lowest BCUT2D eigenvalue weighted by Gasteiger charge is -2.24. The van der Waals surface area contributed by atoms with Crippen LogP contribution in [0, 0.1) is 0 Å². The molecule has 3 atom stereocenters. The molecule has 0 fully saturated rings. The molecule has 5 N–H and O–H groups in total. The topological polar surface area (TPSA) is 209 Å². The highest BCUT2D eigenvalue weighted by molar-refractivity contribution is 7.84. The molecule has 4 aromatic carbocycles. The van der Waals surface area contributed by atoms with Crippen LogP contribution in [0.2, 0.25) is 10.0 Å². The van der Waals surface area contributed by atoms with Gasteiger partial charge in [0, 0.05) is 93.7 Å². The average molecular weight is 1060 g/mol. The summed E-state index contributed by atoms with van der Waals surface area (Å²) in [6, 6.07) is 31.1. The highest BCUT2D eigenvalue weighted by Crippen LogP contribution is 2.31. The summed E-state index contributed by atoms with van der Waals surface area (Å²) in [4.78, 5) is 34.9. The van der Waals surface area contributed by atoms with Crippen LogP contribution >= 0.6 is 35.6 Å². The lowest BCUT2D eigenvalue weighted by molar-refractivity contribution is -0.118. The average Bonchev–Trinajstić information content (AvgIpc) is 4.21. The van der Waals surface area contributed by atoms with Crippen molar-refractivity contribution in [3.05, 3.63) is 180 Å². The standard InChI is InChI=1S/C28H28ClN7O2S.C24H20ClN7O.ClH/c1-28(2,3)39(38)34-26(19-5-9-22(29)10-6-19)27(37)33-23-11-7-18(8-12-23)25-24-13-20(16-36(24)32-17-30-25)21-14-31-35(4)15-21;1-31-12-18(11-28-31)17-10-21-23(27-14-29-32(21)13-17)16-4-8-20(9-5-16)30-24(33)22(26)15-2-6-19(25)7-3-15;/h5-17,26,34H,1-4H3,(H,33,37);2-14,22H,26H2,1H3,(H,30,33);1H. The molecule has 0 radical (unpaired) electrons. The second-order valence-electron chi connectivity index (χ2n) is 17.8. The van der Waals surface area contributed by atoms with Crippen LogP contribution in [-0.2, 0) is 34.7 Å². The number of hydrogen-bond donors (Lipinski definition) is 4. The van der Waals surface area contributed by atoms with Crippen LogP contribution < -0.4 is 21.1 Å². The van der Waals surface area contributed by atoms with Crippen LogP contribution in [0.4, 0.5) is 11.4 Å². The molecule has 0 saturated heterocycles. The molecule has 372 valence electrons. The molecule has 0 aliphatic rings. The number of fused-ring (bicyclic) bond motifs is 2. The number of rotatable bonds is 12. The van der Waals surface area contributed by atoms with Gasteiger partial charge in [0.15, 0.2) is 0 Å². The molecular formula is C52H49Cl3N14O3S. The van der Waals surface area contributed by atoms with Crippen LogP contribution in [0.3, 0.4) is 0 Å². The number of aromatic nitrogens is 10. The number of carbonyl (C=O) groups excluding carboxylic acids is 2. The Morgan fingerprint density at radius 3 is 1.41 bits per heavy atom. The van der Waals surface area contributed by atoms with E-state index in [1.54, 1.807) is 66.9 Å². The first kappa shape index (κ1) is 51.8. The predicted octanol–water partition coefficient (Wildman–Crippen LogP) is 9.69. The lowest BCUT2D eigenvalue weighted by atomic mass is 10.1. The van der Waals surface area contributed by atoms with Crippen molar-refractivity contribution >= 4 is 80.8 Å². The van der Waals surface area contributed by atoms with Crippen LogP contribution in [-0.4, -0.2) is 69.5 Å². The molecule has 10 aromatic rings. The minimum absolute atomic E-state index is 0. The number of nitrogens with one attached hydrogen (secondary N) is 3. The van der Waals surface area contributed by atoms with E-state index in [1.165, 1.54) is 12.7 Å². The first-order valence-corrected chi connectivity index (χ1v) is 24.4. The Bertz CT molecular complexity index is 3570. The summed E-state index contributed by atoms with van der Waals surface area (Å²) in [5.41, 5.74) is 17.7. The summed E-state index contributed by atoms with van der Waals surface area (Å²) < 4.78 is 22.4. The summed E-state index contributed by atoms with van der Waals surface area (Å²) >= 11 is 11.9. The number of hydrogen-bond acceptors (Lipinski definition) is 10. The molecule has 21 heteroatoms. The van der Waals surface area contributed by atoms with Crippen molar-refractivity contribution in [3.63, 3.8) is 0 Å². The van der Waals surface area contributed by atoms with Gasteiger partial charge in [0.2, 0.25) is 11.8 Å². The zero-order valence-electron chi connectivity index (χ0n) is 40.0. The van der Waals surface area contributed by atoms with Gasteiger partial charge in [0.25, 0.3) is 0 Å². The van der Waals surface area contributed by atoms with E-state index in [-0.39, 0.29) is 24.2 Å². The highest BCUT2D eigenvalue weighted by atomic mass is 35.5. The van der Waals surface area contributed by atoms with Gasteiger partial charge in [-0.15, -0.1) is 12.4 Å². The van der Waals surface area contributed by atoms with Gasteiger partial charge in [-0.2, -0.15) is 20.4 Å². The van der Waals surface area contributed by atoms with E-state index < -0.39 is 27.8 Å². The van der Waals surface area contributed by atoms with Crippen molar-refractivity contribution in [2.24, 2.45) is 19.8 Å². The second kappa shape index (κ2) is 22.0. The van der Waals surface area contributed by atoms with Crippen LogP contribution in [0.25, 0.3) is 55.8 Å². The quantitative estimate of drug-likeness (QED) is 0.0910. The Hall–Kier alpha value is -7.58. The molecule has 17 nitrogen and oxygen atoms in total. The Labute approximate surface area is 438 Å². The van der Waals surface area contributed by atoms with Crippen molar-refractivity contribution < 1.29 is 13.8 Å². The van der Waals surface area contributed by atoms with Gasteiger partial charge in [0.1, 0.15) is 24.7 Å². The van der Waals surface area contributed by atoms with Gasteiger partial charge < -0.3 is 16.4 Å². The summed E-state index contributed by atoms with van der Waals surface area (Å²) in [7, 11) is 2.29. The number of carbonyl (C=O) groups is 2. The molecule has 0 aliphatic carbocycles. The molecule has 0 saturated carbocycles. The summed E-state index contributed by atoms with van der Waals surface area (Å²) in [5.74, 6) is -0.637. The predicted molar refractivity (Wildman–Crippen MR) is 289 cm³/mol. The minimum atomic E-state index is -1.47. The van der Waals surface area contributed by atoms with Gasteiger partial charge in [-0.3, -0.25) is 19.0 Å². The second-order valence-corrected chi connectivity index (χ2v) is 20.7. The Balaban J connectivity index is 0.000000195. The number of halogens is 3. The SMILES string of the molecule is Cl.Cn1cc(-c2cc3c(-c4ccc(NC(=O)C(N)c5ccc(Cl)cc5)cc4)ncnn3c2)cn1.Cn1cc(-c2cc3c(-c4ccc(NC(=O)C(NS(=O)C(C)(C)C)c5ccc(Cl)cc5)cc4)ncnn3c2)cn1. The molecule has 10 rings (SSSR count). The van der Waals surface area contributed by atoms with Crippen LogP contribution in [0.5, 0.6) is 0 Å². The monoisotopic (exact) mass is 1050 g/mol. The number of anilines is 2. The number of amides is 2. The smallest absolute Gasteiger partial charge is 0.247 e. The Kier molecular flexibility index (Phi) is 15.6. The third-order valence-corrected chi connectivity index (χ3v) is 13.6. The van der Waals surface area contributed by atoms with Crippen molar-refractivity contribution in [1.29, 1.82) is 0 Å². The zero-order valence-corrected chi connectivity index (χ0v) is 43.2. The Morgan fingerprint density at radius 1 is 0.575 bits per heavy atom. The molecular weight excluding hydrogens is 1010 g/mol. The van der Waals surface area contributed by atoms with Gasteiger partial charge in [-0.25, -0.2) is 27.9 Å². The molecule has 0 spiro atoms. The maximum atomic E-state index is 13.4. The van der Waals surface area contributed by atoms with Gasteiger partial charge in [0.05, 0.1) is 50.5 Å². The first-order valence-electron chi connectivity index (χ1n) is 22.5. The maximum Gasteiger partial charge on any atom is 0.247 e. The van der Waals surface area contributed by atoms with Crippen molar-refractivity contribution in [2.45, 2.75) is 37.6 Å². The summed E-state index contributed by atoms with van der Waals surface area (Å²) in [5, 5.41) is 24.1. The molecule has 3 unspecified atom stereocenters. The summed E-state index contributed by atoms with van der Waals surface area (Å²) in [6.45, 7) is 5.54. The van der Waals surface area contributed by atoms with E-state index in [9.17, 15) is 13.8 Å². The van der Waals surface area contributed by atoms with Gasteiger partial charge in [-0.05, 0) is 92.6 Å². The van der Waals surface area contributed by atoms with E-state index in [1.807, 2.05) is 133 Å². The van der Waals surface area contributed by atoms with Crippen LogP contribution in [0.15, 0.2) is 159 Å². The number of nitrogens with zero attached hydrogens (tertiary/aromatic N) is 10.